The van der Waals surface area contributed by atoms with Crippen molar-refractivity contribution in [2.45, 2.75) is 59.1 Å². The van der Waals surface area contributed by atoms with E-state index in [9.17, 15) is 4.79 Å². The molecule has 0 saturated heterocycles. The van der Waals surface area contributed by atoms with Gasteiger partial charge in [0.15, 0.2) is 5.73 Å². The molecule has 0 aromatic rings. The van der Waals surface area contributed by atoms with Crippen molar-refractivity contribution in [2.75, 3.05) is 19.8 Å². The molecule has 124 valence electrons. The molecule has 0 spiro atoms. The summed E-state index contributed by atoms with van der Waals surface area (Å²) < 4.78 is 23.0. The molecule has 1 unspecified atom stereocenters. The first-order valence-electron chi connectivity index (χ1n) is 7.84. The van der Waals surface area contributed by atoms with Crippen molar-refractivity contribution < 1.29 is 22.8 Å². The van der Waals surface area contributed by atoms with Crippen molar-refractivity contribution in [1.82, 2.24) is 0 Å². The van der Waals surface area contributed by atoms with Crippen molar-refractivity contribution in [3.8, 4) is 0 Å². The van der Waals surface area contributed by atoms with Crippen LogP contribution in [0.15, 0.2) is 12.7 Å². The van der Waals surface area contributed by atoms with Gasteiger partial charge in [0.25, 0.3) is 0 Å². The van der Waals surface area contributed by atoms with E-state index in [2.05, 4.69) is 13.5 Å². The maximum Gasteiger partial charge on any atom is 0.544 e. The predicted molar refractivity (Wildman–Crippen MR) is 84.9 cm³/mol. The fourth-order valence-corrected chi connectivity index (χ4v) is 4.92. The molecule has 5 nitrogen and oxygen atoms in total. The third-order valence-corrected chi connectivity index (χ3v) is 6.19. The summed E-state index contributed by atoms with van der Waals surface area (Å²) in [4.78, 5) is 11.6. The van der Waals surface area contributed by atoms with Crippen LogP contribution in [0.25, 0.3) is 0 Å². The molecule has 0 radical (unpaired) electrons. The van der Waals surface area contributed by atoms with Gasteiger partial charge in [0.1, 0.15) is 0 Å². The minimum absolute atomic E-state index is 0.460. The summed E-state index contributed by atoms with van der Waals surface area (Å²) in [6.07, 6.45) is 4.94. The molecular formula is C15H30O5Si. The number of hydrogen-bond acceptors (Lipinski definition) is 5. The molecule has 6 heteroatoms. The topological polar surface area (TPSA) is 54.0 Å². The molecule has 0 heterocycles. The Morgan fingerprint density at radius 1 is 1.05 bits per heavy atom. The van der Waals surface area contributed by atoms with E-state index >= 15 is 0 Å². The summed E-state index contributed by atoms with van der Waals surface area (Å²) in [5, 5.41) is 0. The zero-order chi connectivity index (χ0) is 16.1. The second-order valence-electron chi connectivity index (χ2n) is 4.53. The third kappa shape index (κ3) is 7.22. The van der Waals surface area contributed by atoms with Crippen LogP contribution in [0.2, 0.25) is 0 Å². The molecule has 0 aliphatic carbocycles. The molecule has 0 fully saturated rings. The van der Waals surface area contributed by atoms with Crippen LogP contribution in [0, 0.1) is 0 Å². The van der Waals surface area contributed by atoms with Crippen LogP contribution in [-0.4, -0.2) is 40.3 Å². The van der Waals surface area contributed by atoms with E-state index in [0.29, 0.717) is 26.2 Å². The quantitative estimate of drug-likeness (QED) is 0.226. The fourth-order valence-electron chi connectivity index (χ4n) is 2.08. The summed E-state index contributed by atoms with van der Waals surface area (Å²) in [6, 6.07) is 0. The van der Waals surface area contributed by atoms with Gasteiger partial charge in [-0.05, 0) is 33.6 Å². The van der Waals surface area contributed by atoms with Crippen LogP contribution in [-0.2, 0) is 22.8 Å². The molecule has 1 atom stereocenters. The van der Waals surface area contributed by atoms with Crippen LogP contribution in [0.5, 0.6) is 0 Å². The van der Waals surface area contributed by atoms with E-state index in [1.807, 2.05) is 20.8 Å². The minimum Gasteiger partial charge on any atom is -0.455 e. The average molecular weight is 318 g/mol. The second kappa shape index (κ2) is 11.9. The molecular weight excluding hydrogens is 288 g/mol. The first-order chi connectivity index (χ1) is 10.1. The first kappa shape index (κ1) is 20.3. The number of rotatable bonds is 13. The molecule has 0 amide bonds. The fraction of sp³-hybridized carbons (Fsp3) is 0.800. The van der Waals surface area contributed by atoms with Crippen LogP contribution in [0.4, 0.5) is 0 Å². The van der Waals surface area contributed by atoms with E-state index in [1.165, 1.54) is 0 Å². The molecule has 21 heavy (non-hydrogen) atoms. The monoisotopic (exact) mass is 318 g/mol. The Labute approximate surface area is 130 Å². The van der Waals surface area contributed by atoms with Gasteiger partial charge in [-0.2, -0.15) is 0 Å². The molecule has 0 aliphatic heterocycles. The molecule has 0 aromatic heterocycles. The van der Waals surface area contributed by atoms with Crippen molar-refractivity contribution in [3.05, 3.63) is 12.7 Å². The highest BCUT2D eigenvalue weighted by atomic mass is 28.4. The normalized spacial score (nSPS) is 13.0. The zero-order valence-corrected chi connectivity index (χ0v) is 14.9. The standard InChI is InChI=1S/C15H30O5Si/c1-6-11-12-13-15(20-14(16)7-2)21(17-8-3,18-9-4)19-10-5/h7,15H,2,6,8-13H2,1,3-5H3. The smallest absolute Gasteiger partial charge is 0.455 e. The van der Waals surface area contributed by atoms with Crippen LogP contribution >= 0.6 is 0 Å². The van der Waals surface area contributed by atoms with E-state index in [-0.39, 0.29) is 0 Å². The second-order valence-corrected chi connectivity index (χ2v) is 7.25. The van der Waals surface area contributed by atoms with E-state index < -0.39 is 20.5 Å². The van der Waals surface area contributed by atoms with Gasteiger partial charge in [-0.25, -0.2) is 4.79 Å². The van der Waals surface area contributed by atoms with Gasteiger partial charge >= 0.3 is 14.8 Å². The lowest BCUT2D eigenvalue weighted by Gasteiger charge is -2.34. The molecule has 0 rings (SSSR count). The van der Waals surface area contributed by atoms with Gasteiger partial charge < -0.3 is 18.0 Å². The van der Waals surface area contributed by atoms with Gasteiger partial charge in [-0.3, -0.25) is 0 Å². The van der Waals surface area contributed by atoms with E-state index in [4.69, 9.17) is 18.0 Å². The highest BCUT2D eigenvalue weighted by molar-refractivity contribution is 6.62. The van der Waals surface area contributed by atoms with Gasteiger partial charge in [0.2, 0.25) is 0 Å². The molecule has 0 saturated carbocycles. The van der Waals surface area contributed by atoms with E-state index in [0.717, 1.165) is 25.3 Å². The van der Waals surface area contributed by atoms with Gasteiger partial charge in [0.05, 0.1) is 0 Å². The Bertz CT molecular complexity index is 279. The number of esters is 1. The Kier molecular flexibility index (Phi) is 11.5. The number of ether oxygens (including phenoxy) is 1. The predicted octanol–water partition coefficient (Wildman–Crippen LogP) is 3.25. The molecule has 0 aliphatic rings. The van der Waals surface area contributed by atoms with Crippen LogP contribution in [0.3, 0.4) is 0 Å². The summed E-state index contributed by atoms with van der Waals surface area (Å²) in [6.45, 7) is 12.6. The zero-order valence-electron chi connectivity index (χ0n) is 13.9. The summed E-state index contributed by atoms with van der Waals surface area (Å²) in [7, 11) is -3.04. The summed E-state index contributed by atoms with van der Waals surface area (Å²) in [5.74, 6) is -0.465. The lowest BCUT2D eigenvalue weighted by Crippen LogP contribution is -2.58. The number of carbonyl (C=O) groups excluding carboxylic acids is 1. The van der Waals surface area contributed by atoms with Gasteiger partial charge in [-0.1, -0.05) is 26.3 Å². The lowest BCUT2D eigenvalue weighted by molar-refractivity contribution is -0.143. The molecule has 0 N–H and O–H groups in total. The summed E-state index contributed by atoms with van der Waals surface area (Å²) >= 11 is 0. The van der Waals surface area contributed by atoms with Crippen LogP contribution in [0.1, 0.15) is 53.4 Å². The Morgan fingerprint density at radius 2 is 1.57 bits per heavy atom. The Morgan fingerprint density at radius 3 is 1.95 bits per heavy atom. The summed E-state index contributed by atoms with van der Waals surface area (Å²) in [5.41, 5.74) is -0.477. The largest absolute Gasteiger partial charge is 0.544 e. The Balaban J connectivity index is 5.17. The third-order valence-electron chi connectivity index (χ3n) is 2.93. The Hall–Kier alpha value is -0.693. The van der Waals surface area contributed by atoms with Crippen molar-refractivity contribution >= 4 is 14.8 Å². The van der Waals surface area contributed by atoms with Crippen molar-refractivity contribution in [2.24, 2.45) is 0 Å². The molecule has 0 aromatic carbocycles. The number of carbonyl (C=O) groups is 1. The van der Waals surface area contributed by atoms with Crippen LogP contribution < -0.4 is 0 Å². The number of unbranched alkanes of at least 4 members (excludes halogenated alkanes) is 2. The average Bonchev–Trinajstić information content (AvgIpc) is 2.46. The highest BCUT2D eigenvalue weighted by Gasteiger charge is 2.51. The van der Waals surface area contributed by atoms with Crippen molar-refractivity contribution in [3.63, 3.8) is 0 Å². The highest BCUT2D eigenvalue weighted by Crippen LogP contribution is 2.23. The maximum atomic E-state index is 11.6. The van der Waals surface area contributed by atoms with Gasteiger partial charge in [-0.15, -0.1) is 0 Å². The van der Waals surface area contributed by atoms with Crippen molar-refractivity contribution in [1.29, 1.82) is 0 Å². The lowest BCUT2D eigenvalue weighted by atomic mass is 10.2. The minimum atomic E-state index is -3.04. The maximum absolute atomic E-state index is 11.6. The first-order valence-corrected chi connectivity index (χ1v) is 9.65. The van der Waals surface area contributed by atoms with Gasteiger partial charge in [0, 0.05) is 25.9 Å². The van der Waals surface area contributed by atoms with E-state index in [1.54, 1.807) is 0 Å². The molecule has 0 bridgehead atoms. The SMILES string of the molecule is C=CC(=O)OC(CCCCC)[Si](OCC)(OCC)OCC. The number of hydrogen-bond donors (Lipinski definition) is 0.